The van der Waals surface area contributed by atoms with Crippen molar-refractivity contribution in [3.63, 3.8) is 0 Å². The van der Waals surface area contributed by atoms with Crippen LogP contribution in [0.3, 0.4) is 0 Å². The van der Waals surface area contributed by atoms with Gasteiger partial charge in [0.1, 0.15) is 0 Å². The molecule has 0 amide bonds. The number of hydrogen-bond acceptors (Lipinski definition) is 4. The molecule has 5 heteroatoms. The molecular weight excluding hydrogens is 238 g/mol. The third kappa shape index (κ3) is 3.04. The second-order valence-corrected chi connectivity index (χ2v) is 6.93. The van der Waals surface area contributed by atoms with Crippen LogP contribution < -0.4 is 0 Å². The van der Waals surface area contributed by atoms with E-state index >= 15 is 0 Å². The summed E-state index contributed by atoms with van der Waals surface area (Å²) < 4.78 is 22.7. The average Bonchev–Trinajstić information content (AvgIpc) is 2.62. The first kappa shape index (κ1) is 12.5. The maximum atomic E-state index is 11.3. The molecule has 2 rings (SSSR count). The molecule has 0 saturated carbocycles. The summed E-state index contributed by atoms with van der Waals surface area (Å²) in [6, 6.07) is 3.80. The Labute approximate surface area is 102 Å². The molecule has 0 spiro atoms. The fraction of sp³-hybridized carbons (Fsp3) is 0.583. The molecule has 1 aliphatic rings. The third-order valence-electron chi connectivity index (χ3n) is 3.33. The van der Waals surface area contributed by atoms with Crippen molar-refractivity contribution in [2.75, 3.05) is 11.5 Å². The summed E-state index contributed by atoms with van der Waals surface area (Å²) in [7, 11) is -2.92. The minimum Gasteiger partial charge on any atom is -0.392 e. The quantitative estimate of drug-likeness (QED) is 0.864. The number of aliphatic hydroxyl groups is 1. The third-order valence-corrected chi connectivity index (χ3v) is 5.13. The lowest BCUT2D eigenvalue weighted by molar-refractivity contribution is 0.119. The van der Waals surface area contributed by atoms with Crippen LogP contribution in [-0.2, 0) is 16.3 Å². The Morgan fingerprint density at radius 2 is 2.35 bits per heavy atom. The van der Waals surface area contributed by atoms with Gasteiger partial charge in [-0.05, 0) is 25.0 Å². The van der Waals surface area contributed by atoms with E-state index in [0.717, 1.165) is 11.3 Å². The highest BCUT2D eigenvalue weighted by Crippen LogP contribution is 2.24. The smallest absolute Gasteiger partial charge is 0.150 e. The molecule has 1 fully saturated rings. The van der Waals surface area contributed by atoms with E-state index in [1.54, 1.807) is 6.20 Å². The minimum absolute atomic E-state index is 0.111. The van der Waals surface area contributed by atoms with Crippen LogP contribution >= 0.6 is 0 Å². The van der Waals surface area contributed by atoms with Gasteiger partial charge in [-0.2, -0.15) is 0 Å². The van der Waals surface area contributed by atoms with Crippen molar-refractivity contribution in [1.29, 1.82) is 0 Å². The van der Waals surface area contributed by atoms with Gasteiger partial charge >= 0.3 is 0 Å². The van der Waals surface area contributed by atoms with Crippen LogP contribution in [0.5, 0.6) is 0 Å². The summed E-state index contributed by atoms with van der Waals surface area (Å²) in [4.78, 5) is 4.22. The van der Waals surface area contributed by atoms with Gasteiger partial charge in [-0.1, -0.05) is 6.07 Å². The Morgan fingerprint density at radius 3 is 2.94 bits per heavy atom. The van der Waals surface area contributed by atoms with Crippen molar-refractivity contribution >= 4 is 9.84 Å². The number of aryl methyl sites for hydroxylation is 1. The van der Waals surface area contributed by atoms with Crippen LogP contribution in [0, 0.1) is 12.8 Å². The molecule has 1 aliphatic heterocycles. The molecule has 2 unspecified atom stereocenters. The van der Waals surface area contributed by atoms with E-state index in [1.807, 2.05) is 19.1 Å². The molecular formula is C12H17NO3S. The number of nitrogens with zero attached hydrogens (tertiary/aromatic N) is 1. The molecule has 1 N–H and O–H groups in total. The topological polar surface area (TPSA) is 67.3 Å². The van der Waals surface area contributed by atoms with E-state index in [9.17, 15) is 13.5 Å². The van der Waals surface area contributed by atoms with Gasteiger partial charge in [0.15, 0.2) is 9.84 Å². The monoisotopic (exact) mass is 255 g/mol. The van der Waals surface area contributed by atoms with E-state index < -0.39 is 15.9 Å². The summed E-state index contributed by atoms with van der Waals surface area (Å²) in [5.41, 5.74) is 1.89. The lowest BCUT2D eigenvalue weighted by Gasteiger charge is -2.16. The van der Waals surface area contributed by atoms with Crippen LogP contribution in [0.25, 0.3) is 0 Å². The molecule has 2 heterocycles. The molecule has 1 aromatic heterocycles. The highest BCUT2D eigenvalue weighted by Gasteiger charge is 2.33. The fourth-order valence-corrected chi connectivity index (χ4v) is 4.09. The summed E-state index contributed by atoms with van der Waals surface area (Å²) in [5.74, 6) is 0.178. The molecule has 94 valence electrons. The van der Waals surface area contributed by atoms with Crippen LogP contribution in [0.2, 0.25) is 0 Å². The van der Waals surface area contributed by atoms with Crippen molar-refractivity contribution in [1.82, 2.24) is 4.98 Å². The Bertz CT molecular complexity index is 498. The first-order chi connectivity index (χ1) is 7.98. The minimum atomic E-state index is -2.92. The maximum absolute atomic E-state index is 11.3. The van der Waals surface area contributed by atoms with E-state index in [4.69, 9.17) is 0 Å². The van der Waals surface area contributed by atoms with Crippen LogP contribution in [0.1, 0.15) is 17.7 Å². The van der Waals surface area contributed by atoms with Gasteiger partial charge in [-0.15, -0.1) is 0 Å². The van der Waals surface area contributed by atoms with Crippen LogP contribution in [-0.4, -0.2) is 36.1 Å². The molecule has 0 radical (unpaired) electrons. The van der Waals surface area contributed by atoms with Crippen LogP contribution in [0.15, 0.2) is 18.3 Å². The zero-order valence-corrected chi connectivity index (χ0v) is 10.7. The predicted octanol–water partition coefficient (Wildman–Crippen LogP) is 0.728. The van der Waals surface area contributed by atoms with Crippen molar-refractivity contribution in [2.24, 2.45) is 5.92 Å². The molecule has 4 nitrogen and oxygen atoms in total. The summed E-state index contributed by atoms with van der Waals surface area (Å²) in [6.45, 7) is 1.94. The molecule has 0 aliphatic carbocycles. The number of hydrogen-bond donors (Lipinski definition) is 1. The lowest BCUT2D eigenvalue weighted by atomic mass is 9.96. The zero-order chi connectivity index (χ0) is 12.5. The first-order valence-corrected chi connectivity index (χ1v) is 7.59. The number of aromatic nitrogens is 1. The van der Waals surface area contributed by atoms with E-state index in [1.165, 1.54) is 0 Å². The van der Waals surface area contributed by atoms with Gasteiger partial charge in [-0.25, -0.2) is 8.42 Å². The largest absolute Gasteiger partial charge is 0.392 e. The van der Waals surface area contributed by atoms with Gasteiger partial charge in [0.2, 0.25) is 0 Å². The number of aliphatic hydroxyl groups excluding tert-OH is 1. The zero-order valence-electron chi connectivity index (χ0n) is 9.83. The second kappa shape index (κ2) is 4.74. The molecule has 1 saturated heterocycles. The first-order valence-electron chi connectivity index (χ1n) is 5.77. The normalized spacial score (nSPS) is 24.7. The van der Waals surface area contributed by atoms with Crippen molar-refractivity contribution < 1.29 is 13.5 Å². The van der Waals surface area contributed by atoms with E-state index in [0.29, 0.717) is 12.8 Å². The molecule has 2 atom stereocenters. The molecule has 0 aromatic carbocycles. The number of pyridine rings is 1. The van der Waals surface area contributed by atoms with E-state index in [2.05, 4.69) is 4.98 Å². The Balaban J connectivity index is 2.03. The van der Waals surface area contributed by atoms with Crippen molar-refractivity contribution in [2.45, 2.75) is 25.9 Å². The highest BCUT2D eigenvalue weighted by molar-refractivity contribution is 7.91. The Morgan fingerprint density at radius 1 is 1.59 bits per heavy atom. The lowest BCUT2D eigenvalue weighted by Crippen LogP contribution is -2.24. The van der Waals surface area contributed by atoms with Crippen molar-refractivity contribution in [3.05, 3.63) is 29.6 Å². The summed E-state index contributed by atoms with van der Waals surface area (Å²) in [6.07, 6.45) is 2.09. The Kier molecular flexibility index (Phi) is 3.49. The van der Waals surface area contributed by atoms with Gasteiger partial charge in [0.05, 0.1) is 17.6 Å². The molecule has 17 heavy (non-hydrogen) atoms. The van der Waals surface area contributed by atoms with E-state index in [-0.39, 0.29) is 17.4 Å². The van der Waals surface area contributed by atoms with Crippen LogP contribution in [0.4, 0.5) is 0 Å². The average molecular weight is 255 g/mol. The van der Waals surface area contributed by atoms with Gasteiger partial charge in [-0.3, -0.25) is 4.98 Å². The standard InChI is InChI=1S/C12H17NO3S/c1-9-3-2-5-13-11(9)7-12(14)10-4-6-17(15,16)8-10/h2-3,5,10,12,14H,4,6-8H2,1H3. The van der Waals surface area contributed by atoms with Crippen molar-refractivity contribution in [3.8, 4) is 0 Å². The molecule has 0 bridgehead atoms. The predicted molar refractivity (Wildman–Crippen MR) is 65.4 cm³/mol. The Hall–Kier alpha value is -0.940. The maximum Gasteiger partial charge on any atom is 0.150 e. The summed E-state index contributed by atoms with van der Waals surface area (Å²) >= 11 is 0. The summed E-state index contributed by atoms with van der Waals surface area (Å²) in [5, 5.41) is 10.1. The number of sulfone groups is 1. The fourth-order valence-electron chi connectivity index (χ4n) is 2.22. The van der Waals surface area contributed by atoms with Gasteiger partial charge in [0, 0.05) is 24.2 Å². The molecule has 1 aromatic rings. The number of rotatable bonds is 3. The second-order valence-electron chi connectivity index (χ2n) is 4.70. The SMILES string of the molecule is Cc1cccnc1CC(O)C1CCS(=O)(=O)C1. The van der Waals surface area contributed by atoms with Gasteiger partial charge in [0.25, 0.3) is 0 Å². The van der Waals surface area contributed by atoms with Gasteiger partial charge < -0.3 is 5.11 Å². The highest BCUT2D eigenvalue weighted by atomic mass is 32.2.